The van der Waals surface area contributed by atoms with E-state index in [0.29, 0.717) is 17.8 Å². The van der Waals surface area contributed by atoms with Gasteiger partial charge in [0, 0.05) is 23.2 Å². The minimum absolute atomic E-state index is 0.145. The molecule has 2 N–H and O–H groups in total. The van der Waals surface area contributed by atoms with Gasteiger partial charge in [-0.05, 0) is 17.7 Å². The molecule has 0 aliphatic heterocycles. The largest absolute Gasteiger partial charge is 0.415 e. The first-order chi connectivity index (χ1) is 14.0. The van der Waals surface area contributed by atoms with Gasteiger partial charge >= 0.3 is 6.43 Å². The van der Waals surface area contributed by atoms with Crippen LogP contribution in [0.3, 0.4) is 0 Å². The predicted molar refractivity (Wildman–Crippen MR) is 97.1 cm³/mol. The van der Waals surface area contributed by atoms with Crippen LogP contribution in [-0.4, -0.2) is 25.2 Å². The highest BCUT2D eigenvalue weighted by Gasteiger charge is 2.18. The molecular formula is C19H15F3N6O. The van der Waals surface area contributed by atoms with E-state index in [0.717, 1.165) is 17.2 Å². The average Bonchev–Trinajstić information content (AvgIpc) is 3.40. The van der Waals surface area contributed by atoms with Crippen molar-refractivity contribution in [2.75, 3.05) is 0 Å². The molecule has 0 spiro atoms. The van der Waals surface area contributed by atoms with Crippen LogP contribution in [0.15, 0.2) is 53.1 Å². The molecule has 0 bridgehead atoms. The van der Waals surface area contributed by atoms with Gasteiger partial charge in [0.15, 0.2) is 0 Å². The number of hydrogen-bond donors (Lipinski definition) is 1. The number of nitrogens with zero attached hydrogens (tertiary/aromatic N) is 5. The van der Waals surface area contributed by atoms with E-state index in [-0.39, 0.29) is 18.0 Å². The summed E-state index contributed by atoms with van der Waals surface area (Å²) in [6, 6.07) is 11.8. The standard InChI is InChI=1S/C19H15F3N6O/c20-15-7-13(18-25-26-19(29-18)17(21)22)5-6-14(15)9-28-10-16(24-27-28)12-3-1-11(8-23)2-4-12/h1-7,10,17H,8-9,23H2. The second kappa shape index (κ2) is 7.84. The Morgan fingerprint density at radius 1 is 1.00 bits per heavy atom. The Balaban J connectivity index is 1.51. The maximum atomic E-state index is 14.5. The van der Waals surface area contributed by atoms with Crippen molar-refractivity contribution in [2.24, 2.45) is 5.73 Å². The zero-order valence-electron chi connectivity index (χ0n) is 15.0. The summed E-state index contributed by atoms with van der Waals surface area (Å²) in [5, 5.41) is 14.9. The number of halogens is 3. The molecule has 4 rings (SSSR count). The number of aromatic nitrogens is 5. The highest BCUT2D eigenvalue weighted by atomic mass is 19.3. The van der Waals surface area contributed by atoms with Crippen molar-refractivity contribution in [3.05, 3.63) is 71.5 Å². The van der Waals surface area contributed by atoms with E-state index in [1.807, 2.05) is 24.3 Å². The van der Waals surface area contributed by atoms with Crippen molar-refractivity contribution in [1.82, 2.24) is 25.2 Å². The van der Waals surface area contributed by atoms with Gasteiger partial charge < -0.3 is 10.2 Å². The molecule has 2 heterocycles. The van der Waals surface area contributed by atoms with E-state index in [9.17, 15) is 13.2 Å². The third-order valence-electron chi connectivity index (χ3n) is 4.28. The van der Waals surface area contributed by atoms with Gasteiger partial charge in [-0.15, -0.1) is 15.3 Å². The summed E-state index contributed by atoms with van der Waals surface area (Å²) in [6.07, 6.45) is -1.18. The summed E-state index contributed by atoms with van der Waals surface area (Å²) in [4.78, 5) is 0. The van der Waals surface area contributed by atoms with Gasteiger partial charge in [0.2, 0.25) is 5.89 Å². The number of nitrogens with two attached hydrogens (primary N) is 1. The van der Waals surface area contributed by atoms with Gasteiger partial charge in [0.1, 0.15) is 11.5 Å². The maximum absolute atomic E-state index is 14.5. The lowest BCUT2D eigenvalue weighted by molar-refractivity contribution is 0.116. The van der Waals surface area contributed by atoms with E-state index in [4.69, 9.17) is 10.2 Å². The van der Waals surface area contributed by atoms with Crippen LogP contribution in [0.25, 0.3) is 22.7 Å². The van der Waals surface area contributed by atoms with Gasteiger partial charge in [0.25, 0.3) is 5.89 Å². The Morgan fingerprint density at radius 3 is 2.41 bits per heavy atom. The van der Waals surface area contributed by atoms with Gasteiger partial charge in [0.05, 0.1) is 12.7 Å². The van der Waals surface area contributed by atoms with Crippen LogP contribution in [0.1, 0.15) is 23.4 Å². The Morgan fingerprint density at radius 2 is 1.76 bits per heavy atom. The molecule has 29 heavy (non-hydrogen) atoms. The molecule has 10 heteroatoms. The Labute approximate surface area is 163 Å². The first-order valence-corrected chi connectivity index (χ1v) is 8.63. The van der Waals surface area contributed by atoms with Gasteiger partial charge in [-0.2, -0.15) is 8.78 Å². The second-order valence-electron chi connectivity index (χ2n) is 6.25. The fraction of sp³-hybridized carbons (Fsp3) is 0.158. The van der Waals surface area contributed by atoms with Crippen molar-refractivity contribution in [1.29, 1.82) is 0 Å². The van der Waals surface area contributed by atoms with Crippen LogP contribution in [0.5, 0.6) is 0 Å². The molecule has 0 radical (unpaired) electrons. The van der Waals surface area contributed by atoms with Gasteiger partial charge in [-0.1, -0.05) is 35.5 Å². The molecule has 0 fully saturated rings. The monoisotopic (exact) mass is 400 g/mol. The molecule has 7 nitrogen and oxygen atoms in total. The van der Waals surface area contributed by atoms with E-state index in [1.54, 1.807) is 6.20 Å². The Kier molecular flexibility index (Phi) is 5.09. The molecule has 0 aliphatic carbocycles. The molecule has 0 amide bonds. The third-order valence-corrected chi connectivity index (χ3v) is 4.28. The summed E-state index contributed by atoms with van der Waals surface area (Å²) in [5.74, 6) is -1.53. The number of alkyl halides is 2. The van der Waals surface area contributed by atoms with Crippen molar-refractivity contribution in [2.45, 2.75) is 19.5 Å². The highest BCUT2D eigenvalue weighted by molar-refractivity contribution is 5.58. The number of hydrogen-bond acceptors (Lipinski definition) is 6. The Hall–Kier alpha value is -3.53. The molecule has 0 atom stereocenters. The van der Waals surface area contributed by atoms with Crippen LogP contribution in [0.2, 0.25) is 0 Å². The van der Waals surface area contributed by atoms with Crippen molar-refractivity contribution in [3.63, 3.8) is 0 Å². The predicted octanol–water partition coefficient (Wildman–Crippen LogP) is 3.58. The second-order valence-corrected chi connectivity index (χ2v) is 6.25. The lowest BCUT2D eigenvalue weighted by Gasteiger charge is -2.04. The maximum Gasteiger partial charge on any atom is 0.314 e. The molecule has 4 aromatic rings. The van der Waals surface area contributed by atoms with Crippen molar-refractivity contribution < 1.29 is 17.6 Å². The third kappa shape index (κ3) is 4.02. The first kappa shape index (κ1) is 18.8. The Bertz CT molecular complexity index is 1120. The van der Waals surface area contributed by atoms with Gasteiger partial charge in [-0.3, -0.25) is 0 Å². The summed E-state index contributed by atoms with van der Waals surface area (Å²) in [5.41, 5.74) is 8.67. The molecule has 0 unspecified atom stereocenters. The lowest BCUT2D eigenvalue weighted by atomic mass is 10.1. The topological polar surface area (TPSA) is 95.7 Å². The van der Waals surface area contributed by atoms with Crippen LogP contribution in [0, 0.1) is 5.82 Å². The minimum Gasteiger partial charge on any atom is -0.415 e. The zero-order valence-corrected chi connectivity index (χ0v) is 15.0. The summed E-state index contributed by atoms with van der Waals surface area (Å²) in [6.45, 7) is 0.599. The fourth-order valence-electron chi connectivity index (χ4n) is 2.74. The molecule has 2 aromatic carbocycles. The smallest absolute Gasteiger partial charge is 0.314 e. The van der Waals surface area contributed by atoms with E-state index < -0.39 is 18.1 Å². The van der Waals surface area contributed by atoms with Crippen molar-refractivity contribution >= 4 is 0 Å². The van der Waals surface area contributed by atoms with Crippen LogP contribution >= 0.6 is 0 Å². The normalized spacial score (nSPS) is 11.3. The number of benzene rings is 2. The molecule has 0 saturated carbocycles. The van der Waals surface area contributed by atoms with Crippen LogP contribution in [0.4, 0.5) is 13.2 Å². The van der Waals surface area contributed by atoms with Crippen molar-refractivity contribution in [3.8, 4) is 22.7 Å². The minimum atomic E-state index is -2.88. The molecule has 0 saturated heterocycles. The molecule has 148 valence electrons. The zero-order chi connectivity index (χ0) is 20.4. The number of rotatable bonds is 6. The molecule has 2 aromatic heterocycles. The van der Waals surface area contributed by atoms with E-state index in [1.165, 1.54) is 16.8 Å². The summed E-state index contributed by atoms with van der Waals surface area (Å²) < 4.78 is 45.9. The van der Waals surface area contributed by atoms with E-state index >= 15 is 0 Å². The van der Waals surface area contributed by atoms with Gasteiger partial charge in [-0.25, -0.2) is 9.07 Å². The average molecular weight is 400 g/mol. The molecule has 0 aliphatic rings. The first-order valence-electron chi connectivity index (χ1n) is 8.63. The molecular weight excluding hydrogens is 385 g/mol. The van der Waals surface area contributed by atoms with Crippen LogP contribution in [-0.2, 0) is 13.1 Å². The lowest BCUT2D eigenvalue weighted by Crippen LogP contribution is -2.03. The SMILES string of the molecule is NCc1ccc(-c2cn(Cc3ccc(-c4nnc(C(F)F)o4)cc3F)nn2)cc1. The van der Waals surface area contributed by atoms with E-state index in [2.05, 4.69) is 20.5 Å². The quantitative estimate of drug-likeness (QED) is 0.532. The summed E-state index contributed by atoms with van der Waals surface area (Å²) in [7, 11) is 0. The summed E-state index contributed by atoms with van der Waals surface area (Å²) >= 11 is 0. The van der Waals surface area contributed by atoms with Crippen LogP contribution < -0.4 is 5.73 Å². The highest BCUT2D eigenvalue weighted by Crippen LogP contribution is 2.25. The fourth-order valence-corrected chi connectivity index (χ4v) is 2.74.